The predicted molar refractivity (Wildman–Crippen MR) is 75.0 cm³/mol. The molecule has 0 unspecified atom stereocenters. The number of methoxy groups -OCH3 is 2. The molecule has 0 atom stereocenters. The van der Waals surface area contributed by atoms with Crippen molar-refractivity contribution < 1.29 is 24.6 Å². The standard InChI is InChI=1S/C11H11Br2NO5/c1-18-10-6(12)3-5(9(15)8(10)13)4-7(14-17)11(16)19-2/h3,15,17H,4H2,1-2H3/b14-7+. The molecule has 0 aliphatic heterocycles. The Balaban J connectivity index is 3.20. The highest BCUT2D eigenvalue weighted by molar-refractivity contribution is 9.11. The second-order valence-electron chi connectivity index (χ2n) is 3.43. The fourth-order valence-electron chi connectivity index (χ4n) is 1.41. The lowest BCUT2D eigenvalue weighted by Crippen LogP contribution is -2.18. The van der Waals surface area contributed by atoms with Gasteiger partial charge < -0.3 is 19.8 Å². The quantitative estimate of drug-likeness (QED) is 0.353. The maximum absolute atomic E-state index is 11.3. The van der Waals surface area contributed by atoms with Crippen LogP contribution in [0.15, 0.2) is 20.2 Å². The van der Waals surface area contributed by atoms with Crippen LogP contribution in [0.5, 0.6) is 11.5 Å². The van der Waals surface area contributed by atoms with Gasteiger partial charge in [0, 0.05) is 12.0 Å². The van der Waals surface area contributed by atoms with Gasteiger partial charge in [0.1, 0.15) is 10.2 Å². The SMILES string of the molecule is COC(=O)/C(Cc1cc(Br)c(OC)c(Br)c1O)=N/O. The molecule has 8 heteroatoms. The Kier molecular flexibility index (Phi) is 5.61. The number of esters is 1. The van der Waals surface area contributed by atoms with Gasteiger partial charge in [-0.3, -0.25) is 0 Å². The maximum Gasteiger partial charge on any atom is 0.356 e. The smallest absolute Gasteiger partial charge is 0.356 e. The molecule has 0 radical (unpaired) electrons. The zero-order valence-electron chi connectivity index (χ0n) is 10.1. The van der Waals surface area contributed by atoms with Crippen molar-refractivity contribution in [2.24, 2.45) is 5.16 Å². The zero-order chi connectivity index (χ0) is 14.6. The Morgan fingerprint density at radius 2 is 2.05 bits per heavy atom. The number of carbonyl (C=O) groups excluding carboxylic acids is 1. The summed E-state index contributed by atoms with van der Waals surface area (Å²) in [6.45, 7) is 0. The topological polar surface area (TPSA) is 88.4 Å². The van der Waals surface area contributed by atoms with Crippen molar-refractivity contribution in [1.29, 1.82) is 0 Å². The van der Waals surface area contributed by atoms with Crippen LogP contribution in [0.4, 0.5) is 0 Å². The number of oxime groups is 1. The van der Waals surface area contributed by atoms with E-state index in [9.17, 15) is 9.90 Å². The second kappa shape index (κ2) is 6.76. The first-order valence-corrected chi connectivity index (χ1v) is 6.57. The average molecular weight is 397 g/mol. The van der Waals surface area contributed by atoms with Gasteiger partial charge in [-0.25, -0.2) is 4.79 Å². The summed E-state index contributed by atoms with van der Waals surface area (Å²) in [5.74, 6) is -0.461. The number of aromatic hydroxyl groups is 1. The molecule has 6 nitrogen and oxygen atoms in total. The van der Waals surface area contributed by atoms with Crippen molar-refractivity contribution in [3.05, 3.63) is 20.6 Å². The molecule has 0 fully saturated rings. The van der Waals surface area contributed by atoms with E-state index in [1.165, 1.54) is 14.2 Å². The number of phenolic OH excluding ortho intramolecular Hbond substituents is 1. The Morgan fingerprint density at radius 3 is 2.53 bits per heavy atom. The first kappa shape index (κ1) is 15.8. The van der Waals surface area contributed by atoms with E-state index in [1.54, 1.807) is 6.07 Å². The molecule has 1 aromatic rings. The van der Waals surface area contributed by atoms with E-state index in [1.807, 2.05) is 0 Å². The Morgan fingerprint density at radius 1 is 1.42 bits per heavy atom. The van der Waals surface area contributed by atoms with Gasteiger partial charge in [0.2, 0.25) is 0 Å². The van der Waals surface area contributed by atoms with Gasteiger partial charge >= 0.3 is 5.97 Å². The second-order valence-corrected chi connectivity index (χ2v) is 5.08. The molecule has 2 N–H and O–H groups in total. The number of nitrogens with zero attached hydrogens (tertiary/aromatic N) is 1. The molecule has 104 valence electrons. The molecule has 0 aliphatic carbocycles. The monoisotopic (exact) mass is 395 g/mol. The van der Waals surface area contributed by atoms with Crippen molar-refractivity contribution in [2.45, 2.75) is 6.42 Å². The molecule has 1 rings (SSSR count). The van der Waals surface area contributed by atoms with Crippen LogP contribution in [0.1, 0.15) is 5.56 Å². The van der Waals surface area contributed by atoms with Gasteiger partial charge in [-0.2, -0.15) is 0 Å². The minimum atomic E-state index is -0.773. The molecule has 0 spiro atoms. The van der Waals surface area contributed by atoms with Gasteiger partial charge in [-0.15, -0.1) is 0 Å². The number of phenols is 1. The average Bonchev–Trinajstić information content (AvgIpc) is 2.41. The van der Waals surface area contributed by atoms with E-state index < -0.39 is 5.97 Å². The minimum Gasteiger partial charge on any atom is -0.506 e. The Labute approximate surface area is 126 Å². The fraction of sp³-hybridized carbons (Fsp3) is 0.273. The number of hydrogen-bond acceptors (Lipinski definition) is 6. The summed E-state index contributed by atoms with van der Waals surface area (Å²) in [6.07, 6.45) is -0.0871. The molecule has 0 bridgehead atoms. The lowest BCUT2D eigenvalue weighted by molar-refractivity contribution is -0.132. The van der Waals surface area contributed by atoms with Gasteiger partial charge in [0.15, 0.2) is 11.5 Å². The largest absolute Gasteiger partial charge is 0.506 e. The number of carbonyl (C=O) groups is 1. The first-order chi connectivity index (χ1) is 8.96. The number of rotatable bonds is 4. The van der Waals surface area contributed by atoms with Crippen molar-refractivity contribution >= 4 is 43.5 Å². The summed E-state index contributed by atoms with van der Waals surface area (Å²) in [6, 6.07) is 1.56. The van der Waals surface area contributed by atoms with Crippen LogP contribution >= 0.6 is 31.9 Å². The summed E-state index contributed by atoms with van der Waals surface area (Å²) in [5.41, 5.74) is 0.152. The lowest BCUT2D eigenvalue weighted by atomic mass is 10.1. The van der Waals surface area contributed by atoms with Crippen LogP contribution in [0.3, 0.4) is 0 Å². The molecule has 0 saturated carbocycles. The Hall–Kier alpha value is -1.28. The van der Waals surface area contributed by atoms with Crippen molar-refractivity contribution in [1.82, 2.24) is 0 Å². The number of hydrogen-bond donors (Lipinski definition) is 2. The fourth-order valence-corrected chi connectivity index (χ4v) is 2.94. The highest BCUT2D eigenvalue weighted by atomic mass is 79.9. The van der Waals surface area contributed by atoms with E-state index in [0.717, 1.165) is 0 Å². The van der Waals surface area contributed by atoms with Crippen LogP contribution in [-0.4, -0.2) is 36.2 Å². The van der Waals surface area contributed by atoms with Gasteiger partial charge in [-0.05, 0) is 37.9 Å². The molecule has 0 saturated heterocycles. The van der Waals surface area contributed by atoms with E-state index >= 15 is 0 Å². The highest BCUT2D eigenvalue weighted by Gasteiger charge is 2.20. The normalized spacial score (nSPS) is 11.3. The summed E-state index contributed by atoms with van der Waals surface area (Å²) < 4.78 is 10.5. The lowest BCUT2D eigenvalue weighted by Gasteiger charge is -2.12. The summed E-state index contributed by atoms with van der Waals surface area (Å²) >= 11 is 6.46. The molecule has 1 aromatic carbocycles. The zero-order valence-corrected chi connectivity index (χ0v) is 13.3. The summed E-state index contributed by atoms with van der Waals surface area (Å²) in [4.78, 5) is 11.3. The summed E-state index contributed by atoms with van der Waals surface area (Å²) in [7, 11) is 2.63. The van der Waals surface area contributed by atoms with Gasteiger partial charge in [0.05, 0.1) is 18.7 Å². The van der Waals surface area contributed by atoms with Crippen LogP contribution in [-0.2, 0) is 16.0 Å². The van der Waals surface area contributed by atoms with Crippen LogP contribution in [0.25, 0.3) is 0 Å². The van der Waals surface area contributed by atoms with E-state index in [4.69, 9.17) is 9.94 Å². The van der Waals surface area contributed by atoms with Crippen LogP contribution in [0, 0.1) is 0 Å². The maximum atomic E-state index is 11.3. The van der Waals surface area contributed by atoms with Crippen LogP contribution in [0.2, 0.25) is 0 Å². The predicted octanol–water partition coefficient (Wildman–Crippen LogP) is 2.47. The van der Waals surface area contributed by atoms with E-state index in [-0.39, 0.29) is 17.9 Å². The molecule has 0 aromatic heterocycles. The number of ether oxygens (including phenoxy) is 2. The molecule has 0 aliphatic rings. The third-order valence-electron chi connectivity index (χ3n) is 2.33. The highest BCUT2D eigenvalue weighted by Crippen LogP contribution is 2.42. The minimum absolute atomic E-state index is 0.0871. The van der Waals surface area contributed by atoms with E-state index in [2.05, 4.69) is 41.8 Å². The van der Waals surface area contributed by atoms with Crippen LogP contribution < -0.4 is 4.74 Å². The Bertz CT molecular complexity index is 530. The van der Waals surface area contributed by atoms with Gasteiger partial charge in [-0.1, -0.05) is 5.16 Å². The number of benzene rings is 1. The molecule has 19 heavy (non-hydrogen) atoms. The van der Waals surface area contributed by atoms with Gasteiger partial charge in [0.25, 0.3) is 0 Å². The molecule has 0 amide bonds. The van der Waals surface area contributed by atoms with E-state index in [0.29, 0.717) is 20.3 Å². The first-order valence-electron chi connectivity index (χ1n) is 4.99. The molecule has 0 heterocycles. The van der Waals surface area contributed by atoms with Crippen molar-refractivity contribution in [3.8, 4) is 11.5 Å². The molecular weight excluding hydrogens is 386 g/mol. The summed E-state index contributed by atoms with van der Waals surface area (Å²) in [5, 5.41) is 21.6. The van der Waals surface area contributed by atoms with Crippen molar-refractivity contribution in [2.75, 3.05) is 14.2 Å². The van der Waals surface area contributed by atoms with Crippen molar-refractivity contribution in [3.63, 3.8) is 0 Å². The number of halogens is 2. The third-order valence-corrected chi connectivity index (χ3v) is 3.66. The third kappa shape index (κ3) is 3.38. The molecular formula is C11H11Br2NO5.